The number of aliphatic carboxylic acids is 1. The molecule has 0 aromatic heterocycles. The first-order chi connectivity index (χ1) is 7.02. The van der Waals surface area contributed by atoms with Gasteiger partial charge in [-0.25, -0.2) is 0 Å². The summed E-state index contributed by atoms with van der Waals surface area (Å²) in [6.45, 7) is 0. The van der Waals surface area contributed by atoms with Gasteiger partial charge in [0.25, 0.3) is 5.69 Å². The van der Waals surface area contributed by atoms with Crippen molar-refractivity contribution >= 4 is 17.4 Å². The number of carboxylic acids is 1. The van der Waals surface area contributed by atoms with Gasteiger partial charge in [-0.1, -0.05) is 18.2 Å². The molecule has 78 valence electrons. The molecular weight excluding hydrogens is 225 g/mol. The summed E-state index contributed by atoms with van der Waals surface area (Å²) < 4.78 is 0. The van der Waals surface area contributed by atoms with Crippen LogP contribution in [0.25, 0.3) is 0 Å². The Morgan fingerprint density at radius 3 is 2.31 bits per heavy atom. The molecule has 1 rings (SSSR count). The van der Waals surface area contributed by atoms with E-state index in [9.17, 15) is 24.8 Å². The largest absolute Gasteiger partial charge is 1.00 e. The average Bonchev–Trinajstić information content (AvgIpc) is 2.18. The summed E-state index contributed by atoms with van der Waals surface area (Å²) in [7, 11) is 0. The second-order valence-corrected chi connectivity index (χ2v) is 2.77. The Hall–Kier alpha value is -1.24. The number of benzene rings is 1. The van der Waals surface area contributed by atoms with E-state index >= 15 is 0 Å². The van der Waals surface area contributed by atoms with E-state index < -0.39 is 23.1 Å². The SMILES string of the molecule is O=C([O-])C(=O)Cc1ccccc1[N+](=O)[O-].[Na+]. The number of Topliss-reactive ketones (excluding diaryl/α,β-unsaturated/α-hetero) is 1. The normalized spacial score (nSPS) is 9.00. The molecule has 1 aromatic rings. The van der Waals surface area contributed by atoms with Crippen LogP contribution in [0.4, 0.5) is 5.69 Å². The Balaban J connectivity index is 0.00000225. The molecule has 0 aliphatic heterocycles. The third-order valence-corrected chi connectivity index (χ3v) is 1.77. The van der Waals surface area contributed by atoms with Crippen molar-refractivity contribution in [3.63, 3.8) is 0 Å². The third kappa shape index (κ3) is 3.73. The fraction of sp³-hybridized carbons (Fsp3) is 0.111. The molecule has 0 spiro atoms. The third-order valence-electron chi connectivity index (χ3n) is 1.77. The molecular formula is C9H6NNaO5. The van der Waals surface area contributed by atoms with Crippen molar-refractivity contribution in [1.29, 1.82) is 0 Å². The summed E-state index contributed by atoms with van der Waals surface area (Å²) in [5.74, 6) is -3.02. The van der Waals surface area contributed by atoms with Crippen LogP contribution in [0.1, 0.15) is 5.56 Å². The Bertz CT molecular complexity index is 432. The Kier molecular flexibility index (Phi) is 5.87. The van der Waals surface area contributed by atoms with Gasteiger partial charge < -0.3 is 9.90 Å². The molecule has 6 nitrogen and oxygen atoms in total. The molecule has 0 unspecified atom stereocenters. The summed E-state index contributed by atoms with van der Waals surface area (Å²) in [4.78, 5) is 30.8. The predicted molar refractivity (Wildman–Crippen MR) is 46.8 cm³/mol. The van der Waals surface area contributed by atoms with Crippen LogP contribution < -0.4 is 34.7 Å². The quantitative estimate of drug-likeness (QED) is 0.231. The van der Waals surface area contributed by atoms with Crippen molar-refractivity contribution < 1.29 is 49.2 Å². The van der Waals surface area contributed by atoms with E-state index in [0.717, 1.165) is 0 Å². The maximum atomic E-state index is 10.8. The number of nitro groups is 1. The number of ketones is 1. The maximum absolute atomic E-state index is 10.8. The van der Waals surface area contributed by atoms with Crippen LogP contribution in [-0.2, 0) is 16.0 Å². The van der Waals surface area contributed by atoms with Crippen LogP contribution >= 0.6 is 0 Å². The molecule has 0 saturated carbocycles. The minimum absolute atomic E-state index is 0. The fourth-order valence-electron chi connectivity index (χ4n) is 1.08. The van der Waals surface area contributed by atoms with Crippen molar-refractivity contribution in [1.82, 2.24) is 0 Å². The van der Waals surface area contributed by atoms with Crippen molar-refractivity contribution in [3.05, 3.63) is 39.9 Å². The van der Waals surface area contributed by atoms with E-state index in [0.29, 0.717) is 0 Å². The van der Waals surface area contributed by atoms with Crippen LogP contribution in [0.15, 0.2) is 24.3 Å². The fourth-order valence-corrected chi connectivity index (χ4v) is 1.08. The molecule has 0 N–H and O–H groups in total. The van der Waals surface area contributed by atoms with Crippen LogP contribution in [0, 0.1) is 10.1 Å². The second-order valence-electron chi connectivity index (χ2n) is 2.77. The average molecular weight is 231 g/mol. The molecule has 0 heterocycles. The maximum Gasteiger partial charge on any atom is 1.00 e. The summed E-state index contributed by atoms with van der Waals surface area (Å²) in [5, 5.41) is 20.7. The van der Waals surface area contributed by atoms with E-state index in [4.69, 9.17) is 0 Å². The Morgan fingerprint density at radius 1 is 1.25 bits per heavy atom. The molecule has 0 bridgehead atoms. The van der Waals surface area contributed by atoms with E-state index in [1.165, 1.54) is 24.3 Å². The van der Waals surface area contributed by atoms with Crippen molar-refractivity contribution in [3.8, 4) is 0 Å². The number of rotatable bonds is 4. The first kappa shape index (κ1) is 14.8. The smallest absolute Gasteiger partial charge is 0.542 e. The van der Waals surface area contributed by atoms with Gasteiger partial charge in [-0.05, 0) is 0 Å². The van der Waals surface area contributed by atoms with Crippen molar-refractivity contribution in [2.45, 2.75) is 6.42 Å². The second kappa shape index (κ2) is 6.37. The van der Waals surface area contributed by atoms with Crippen LogP contribution in [0.3, 0.4) is 0 Å². The van der Waals surface area contributed by atoms with Gasteiger partial charge in [-0.15, -0.1) is 0 Å². The summed E-state index contributed by atoms with van der Waals surface area (Å²) in [6, 6.07) is 5.47. The van der Waals surface area contributed by atoms with Gasteiger partial charge >= 0.3 is 29.6 Å². The van der Waals surface area contributed by atoms with E-state index in [2.05, 4.69) is 0 Å². The van der Waals surface area contributed by atoms with Crippen LogP contribution in [-0.4, -0.2) is 16.7 Å². The number of carboxylic acid groups (broad SMARTS) is 1. The minimum atomic E-state index is -1.84. The van der Waals surface area contributed by atoms with Gasteiger partial charge in [0.2, 0.25) is 0 Å². The van der Waals surface area contributed by atoms with Crippen molar-refractivity contribution in [2.24, 2.45) is 0 Å². The first-order valence-corrected chi connectivity index (χ1v) is 3.99. The molecule has 16 heavy (non-hydrogen) atoms. The topological polar surface area (TPSA) is 100 Å². The van der Waals surface area contributed by atoms with E-state index in [1.807, 2.05) is 0 Å². The standard InChI is InChI=1S/C9H7NO5.Na/c11-8(9(12)13)5-6-3-1-2-4-7(6)10(14)15;/h1-4H,5H2,(H,12,13);/q;+1/p-1. The number of nitrogens with zero attached hydrogens (tertiary/aromatic N) is 1. The molecule has 0 saturated heterocycles. The molecule has 7 heteroatoms. The van der Waals surface area contributed by atoms with E-state index in [-0.39, 0.29) is 40.8 Å². The number of carbonyl (C=O) groups is 2. The van der Waals surface area contributed by atoms with Gasteiger partial charge in [0.15, 0.2) is 5.78 Å². The molecule has 0 atom stereocenters. The number of hydrogen-bond acceptors (Lipinski definition) is 5. The number of carbonyl (C=O) groups excluding carboxylic acids is 2. The molecule has 0 radical (unpaired) electrons. The monoisotopic (exact) mass is 231 g/mol. The molecule has 0 aliphatic carbocycles. The Morgan fingerprint density at radius 2 is 1.81 bits per heavy atom. The summed E-state index contributed by atoms with van der Waals surface area (Å²) >= 11 is 0. The molecule has 0 fully saturated rings. The zero-order valence-electron chi connectivity index (χ0n) is 8.50. The van der Waals surface area contributed by atoms with Crippen LogP contribution in [0.5, 0.6) is 0 Å². The van der Waals surface area contributed by atoms with Gasteiger partial charge in [-0.3, -0.25) is 14.9 Å². The zero-order chi connectivity index (χ0) is 11.4. The summed E-state index contributed by atoms with van der Waals surface area (Å²) in [6.07, 6.45) is -0.528. The minimum Gasteiger partial charge on any atom is -0.542 e. The number of nitro benzene ring substituents is 1. The number of para-hydroxylation sites is 1. The van der Waals surface area contributed by atoms with Gasteiger partial charge in [0.05, 0.1) is 4.92 Å². The van der Waals surface area contributed by atoms with Crippen LogP contribution in [0.2, 0.25) is 0 Å². The molecule has 0 aliphatic rings. The first-order valence-electron chi connectivity index (χ1n) is 3.99. The van der Waals surface area contributed by atoms with Crippen molar-refractivity contribution in [2.75, 3.05) is 0 Å². The predicted octanol–water partition coefficient (Wildman–Crippen LogP) is -3.54. The zero-order valence-corrected chi connectivity index (χ0v) is 10.5. The van der Waals surface area contributed by atoms with Gasteiger partial charge in [0, 0.05) is 18.1 Å². The van der Waals surface area contributed by atoms with Gasteiger partial charge in [0.1, 0.15) is 5.97 Å². The van der Waals surface area contributed by atoms with Gasteiger partial charge in [-0.2, -0.15) is 0 Å². The molecule has 1 aromatic carbocycles. The molecule has 0 amide bonds. The number of hydrogen-bond donors (Lipinski definition) is 0. The van der Waals surface area contributed by atoms with E-state index in [1.54, 1.807) is 0 Å². The Labute approximate surface area is 113 Å². The summed E-state index contributed by atoms with van der Waals surface area (Å²) in [5.41, 5.74) is -0.205.